The molecule has 1 unspecified atom stereocenters. The van der Waals surface area contributed by atoms with Crippen molar-refractivity contribution >= 4 is 0 Å². The molecule has 1 atom stereocenters. The van der Waals surface area contributed by atoms with Crippen LogP contribution < -0.4 is 0 Å². The Morgan fingerprint density at radius 3 is 2.00 bits per heavy atom. The lowest BCUT2D eigenvalue weighted by molar-refractivity contribution is -0.0557. The summed E-state index contributed by atoms with van der Waals surface area (Å²) in [5.41, 5.74) is 0.0577. The molecule has 2 nitrogen and oxygen atoms in total. The summed E-state index contributed by atoms with van der Waals surface area (Å²) in [6.07, 6.45) is 6.84. The van der Waals surface area contributed by atoms with Crippen LogP contribution in [0.1, 0.15) is 32.1 Å². The van der Waals surface area contributed by atoms with Crippen LogP contribution in [0.3, 0.4) is 0 Å². The molecule has 4 saturated carbocycles. The third-order valence-electron chi connectivity index (χ3n) is 5.21. The van der Waals surface area contributed by atoms with Crippen molar-refractivity contribution in [3.8, 4) is 6.07 Å². The van der Waals surface area contributed by atoms with Gasteiger partial charge in [0, 0.05) is 0 Å². The molecule has 5 fully saturated rings. The number of epoxide rings is 1. The molecular formula is C12H15NO. The van der Waals surface area contributed by atoms with Crippen molar-refractivity contribution in [1.82, 2.24) is 0 Å². The molecule has 0 aromatic rings. The lowest BCUT2D eigenvalue weighted by atomic mass is 9.51. The van der Waals surface area contributed by atoms with Crippen LogP contribution in [-0.2, 0) is 4.74 Å². The van der Waals surface area contributed by atoms with Crippen molar-refractivity contribution in [1.29, 1.82) is 5.26 Å². The summed E-state index contributed by atoms with van der Waals surface area (Å²) < 4.78 is 5.77. The van der Waals surface area contributed by atoms with Crippen molar-refractivity contribution in [3.05, 3.63) is 0 Å². The summed E-state index contributed by atoms with van der Waals surface area (Å²) in [7, 11) is 0. The third-order valence-corrected chi connectivity index (χ3v) is 5.21. The van der Waals surface area contributed by atoms with E-state index in [1.54, 1.807) is 0 Å². The fourth-order valence-corrected chi connectivity index (χ4v) is 4.84. The van der Waals surface area contributed by atoms with Crippen molar-refractivity contribution in [2.45, 2.75) is 43.8 Å². The maximum absolute atomic E-state index is 8.98. The SMILES string of the molecule is N#CC1OC12C1CC3CC(C1)CC2C3. The maximum Gasteiger partial charge on any atom is 0.174 e. The minimum absolute atomic E-state index is 0.0440. The lowest BCUT2D eigenvalue weighted by Gasteiger charge is -2.53. The van der Waals surface area contributed by atoms with Crippen LogP contribution in [0, 0.1) is 35.0 Å². The van der Waals surface area contributed by atoms with E-state index in [1.165, 1.54) is 32.1 Å². The predicted molar refractivity (Wildman–Crippen MR) is 50.3 cm³/mol. The van der Waals surface area contributed by atoms with E-state index in [4.69, 9.17) is 10.00 Å². The highest BCUT2D eigenvalue weighted by Gasteiger charge is 2.71. The normalized spacial score (nSPS) is 62.9. The minimum Gasteiger partial charge on any atom is -0.349 e. The largest absolute Gasteiger partial charge is 0.349 e. The van der Waals surface area contributed by atoms with Crippen LogP contribution in [0.4, 0.5) is 0 Å². The summed E-state index contributed by atoms with van der Waals surface area (Å²) in [6.45, 7) is 0. The van der Waals surface area contributed by atoms with Gasteiger partial charge in [-0.2, -0.15) is 5.26 Å². The third kappa shape index (κ3) is 0.694. The Kier molecular flexibility index (Phi) is 1.19. The highest BCUT2D eigenvalue weighted by molar-refractivity contribution is 5.24. The van der Waals surface area contributed by atoms with Gasteiger partial charge >= 0.3 is 0 Å². The van der Waals surface area contributed by atoms with Crippen molar-refractivity contribution in [2.24, 2.45) is 23.7 Å². The van der Waals surface area contributed by atoms with E-state index < -0.39 is 0 Å². The van der Waals surface area contributed by atoms with Gasteiger partial charge < -0.3 is 4.74 Å². The first-order valence-electron chi connectivity index (χ1n) is 5.90. The van der Waals surface area contributed by atoms with Gasteiger partial charge in [-0.15, -0.1) is 0 Å². The van der Waals surface area contributed by atoms with Crippen molar-refractivity contribution in [2.75, 3.05) is 0 Å². The highest BCUT2D eigenvalue weighted by Crippen LogP contribution is 2.66. The average Bonchev–Trinajstić information content (AvgIpc) is 2.89. The van der Waals surface area contributed by atoms with Gasteiger partial charge in [0.05, 0.1) is 6.07 Å². The number of hydrogen-bond acceptors (Lipinski definition) is 2. The number of hydrogen-bond donors (Lipinski definition) is 0. The van der Waals surface area contributed by atoms with Crippen LogP contribution in [-0.4, -0.2) is 11.7 Å². The van der Waals surface area contributed by atoms with E-state index in [0.717, 1.165) is 23.7 Å². The molecule has 74 valence electrons. The summed E-state index contributed by atoms with van der Waals surface area (Å²) in [6, 6.07) is 2.34. The Balaban J connectivity index is 1.73. The highest BCUT2D eigenvalue weighted by atomic mass is 16.6. The fourth-order valence-electron chi connectivity index (χ4n) is 4.84. The van der Waals surface area contributed by atoms with Gasteiger partial charge in [0.2, 0.25) is 0 Å². The molecule has 5 rings (SSSR count). The summed E-state index contributed by atoms with van der Waals surface area (Å²) in [5.74, 6) is 3.44. The second-order valence-corrected chi connectivity index (χ2v) is 5.78. The molecule has 0 amide bonds. The fraction of sp³-hybridized carbons (Fsp3) is 0.917. The second-order valence-electron chi connectivity index (χ2n) is 5.78. The van der Waals surface area contributed by atoms with Crippen LogP contribution in [0.2, 0.25) is 0 Å². The van der Waals surface area contributed by atoms with Crippen LogP contribution in [0.15, 0.2) is 0 Å². The van der Waals surface area contributed by atoms with Crippen LogP contribution in [0.25, 0.3) is 0 Å². The average molecular weight is 189 g/mol. The Hall–Kier alpha value is -0.550. The number of rotatable bonds is 0. The molecule has 1 heterocycles. The molecule has 14 heavy (non-hydrogen) atoms. The van der Waals surface area contributed by atoms with E-state index in [2.05, 4.69) is 6.07 Å². The van der Waals surface area contributed by atoms with E-state index >= 15 is 0 Å². The Bertz CT molecular complexity index is 302. The molecule has 2 heteroatoms. The minimum atomic E-state index is -0.0440. The molecule has 0 radical (unpaired) electrons. The Morgan fingerprint density at radius 2 is 1.57 bits per heavy atom. The Labute approximate surface area is 84.2 Å². The first-order chi connectivity index (χ1) is 6.83. The van der Waals surface area contributed by atoms with E-state index in [-0.39, 0.29) is 11.7 Å². The van der Waals surface area contributed by atoms with Crippen molar-refractivity contribution < 1.29 is 4.74 Å². The molecule has 5 aliphatic rings. The number of ether oxygens (including phenoxy) is 1. The molecule has 1 saturated heterocycles. The van der Waals surface area contributed by atoms with Gasteiger partial charge in [-0.3, -0.25) is 0 Å². The molecular weight excluding hydrogens is 174 g/mol. The van der Waals surface area contributed by atoms with E-state index in [1.807, 2.05) is 0 Å². The van der Waals surface area contributed by atoms with Crippen LogP contribution in [0.5, 0.6) is 0 Å². The molecule has 0 N–H and O–H groups in total. The Morgan fingerprint density at radius 1 is 1.00 bits per heavy atom. The van der Waals surface area contributed by atoms with Gasteiger partial charge in [-0.25, -0.2) is 0 Å². The summed E-state index contributed by atoms with van der Waals surface area (Å²) >= 11 is 0. The monoisotopic (exact) mass is 189 g/mol. The predicted octanol–water partition coefficient (Wildman–Crippen LogP) is 2.10. The second kappa shape index (κ2) is 2.17. The molecule has 0 aromatic carbocycles. The lowest BCUT2D eigenvalue weighted by Crippen LogP contribution is -2.51. The zero-order valence-corrected chi connectivity index (χ0v) is 8.28. The molecule has 4 bridgehead atoms. The molecule has 1 aliphatic heterocycles. The first-order valence-corrected chi connectivity index (χ1v) is 5.90. The standard InChI is InChI=1S/C12H15NO/c13-6-11-12(14-11)9-2-7-1-8(4-9)5-10(12)3-7/h7-11H,1-5H2. The molecule has 1 spiro atoms. The molecule has 0 aromatic heterocycles. The maximum atomic E-state index is 8.98. The van der Waals surface area contributed by atoms with Gasteiger partial charge in [-0.05, 0) is 55.8 Å². The number of nitriles is 1. The van der Waals surface area contributed by atoms with E-state index in [0.29, 0.717) is 0 Å². The van der Waals surface area contributed by atoms with Crippen LogP contribution >= 0.6 is 0 Å². The van der Waals surface area contributed by atoms with Gasteiger partial charge in [0.1, 0.15) is 5.60 Å². The zero-order valence-electron chi connectivity index (χ0n) is 8.28. The smallest absolute Gasteiger partial charge is 0.174 e. The number of nitrogens with zero attached hydrogens (tertiary/aromatic N) is 1. The van der Waals surface area contributed by atoms with Gasteiger partial charge in [0.25, 0.3) is 0 Å². The molecule has 4 aliphatic carbocycles. The zero-order chi connectivity index (χ0) is 9.34. The van der Waals surface area contributed by atoms with Gasteiger partial charge in [0.15, 0.2) is 6.10 Å². The summed E-state index contributed by atoms with van der Waals surface area (Å²) in [5, 5.41) is 8.98. The topological polar surface area (TPSA) is 36.3 Å². The first kappa shape index (κ1) is 7.70. The van der Waals surface area contributed by atoms with E-state index in [9.17, 15) is 0 Å². The van der Waals surface area contributed by atoms with Crippen molar-refractivity contribution in [3.63, 3.8) is 0 Å². The quantitative estimate of drug-likeness (QED) is 0.547. The van der Waals surface area contributed by atoms with Gasteiger partial charge in [-0.1, -0.05) is 0 Å². The summed E-state index contributed by atoms with van der Waals surface area (Å²) in [4.78, 5) is 0.